The van der Waals surface area contributed by atoms with Gasteiger partial charge in [0.2, 0.25) is 0 Å². The standard InChI is InChI=1S/C6H8F2N2O2/c1-10-2-3(6(11)12)4(9)5(7)8/h2,5,9-10H,1H3,(H,11,12)/b3-2+,9-4?. The van der Waals surface area contributed by atoms with Gasteiger partial charge in [-0.25, -0.2) is 13.6 Å². The first-order chi connectivity index (χ1) is 5.50. The molecule has 0 heterocycles. The number of rotatable bonds is 4. The molecule has 4 nitrogen and oxygen atoms in total. The van der Waals surface area contributed by atoms with Crippen LogP contribution in [0.5, 0.6) is 0 Å². The van der Waals surface area contributed by atoms with Crippen LogP contribution in [0.4, 0.5) is 8.78 Å². The highest BCUT2D eigenvalue weighted by molar-refractivity contribution is 6.19. The maximum absolute atomic E-state index is 11.8. The second-order valence-corrected chi connectivity index (χ2v) is 1.87. The van der Waals surface area contributed by atoms with E-state index in [9.17, 15) is 13.6 Å². The molecule has 0 saturated heterocycles. The fourth-order valence-electron chi connectivity index (χ4n) is 0.517. The number of aliphatic carboxylic acids is 1. The van der Waals surface area contributed by atoms with E-state index < -0.39 is 23.7 Å². The van der Waals surface area contributed by atoms with Crippen molar-refractivity contribution in [1.29, 1.82) is 5.41 Å². The van der Waals surface area contributed by atoms with E-state index >= 15 is 0 Å². The first-order valence-electron chi connectivity index (χ1n) is 2.98. The minimum atomic E-state index is -3.07. The third kappa shape index (κ3) is 2.65. The van der Waals surface area contributed by atoms with Crippen LogP contribution in [-0.2, 0) is 4.79 Å². The molecule has 0 aliphatic carbocycles. The van der Waals surface area contributed by atoms with Crippen LogP contribution in [0.1, 0.15) is 0 Å². The summed E-state index contributed by atoms with van der Waals surface area (Å²) in [6.07, 6.45) is -2.22. The van der Waals surface area contributed by atoms with Gasteiger partial charge in [-0.3, -0.25) is 5.41 Å². The highest BCUT2D eigenvalue weighted by Crippen LogP contribution is 2.04. The lowest BCUT2D eigenvalue weighted by Gasteiger charge is -2.02. The normalized spacial score (nSPS) is 11.5. The van der Waals surface area contributed by atoms with Crippen LogP contribution in [0.2, 0.25) is 0 Å². The number of nitrogens with one attached hydrogen (secondary N) is 2. The summed E-state index contributed by atoms with van der Waals surface area (Å²) in [5.41, 5.74) is -1.93. The zero-order chi connectivity index (χ0) is 9.72. The molecule has 0 aromatic heterocycles. The lowest BCUT2D eigenvalue weighted by Crippen LogP contribution is -2.20. The maximum Gasteiger partial charge on any atom is 0.339 e. The Morgan fingerprint density at radius 2 is 2.17 bits per heavy atom. The van der Waals surface area contributed by atoms with Gasteiger partial charge in [-0.05, 0) is 0 Å². The molecule has 3 N–H and O–H groups in total. The van der Waals surface area contributed by atoms with Crippen molar-refractivity contribution >= 4 is 11.7 Å². The minimum Gasteiger partial charge on any atom is -0.478 e. The SMILES string of the molecule is CN/C=C(\C(=N)C(F)F)C(=O)O. The average molecular weight is 178 g/mol. The van der Waals surface area contributed by atoms with Crippen molar-refractivity contribution in [2.75, 3.05) is 7.05 Å². The summed E-state index contributed by atoms with van der Waals surface area (Å²) in [5, 5.41) is 17.3. The zero-order valence-corrected chi connectivity index (χ0v) is 6.27. The number of hydrogen-bond donors (Lipinski definition) is 3. The number of carboxylic acid groups (broad SMARTS) is 1. The molecule has 0 rings (SSSR count). The van der Waals surface area contributed by atoms with Crippen molar-refractivity contribution in [3.63, 3.8) is 0 Å². The molecule has 6 heteroatoms. The fraction of sp³-hybridized carbons (Fsp3) is 0.333. The molecular weight excluding hydrogens is 170 g/mol. The van der Waals surface area contributed by atoms with Gasteiger partial charge in [-0.1, -0.05) is 0 Å². The molecule has 0 aromatic rings. The van der Waals surface area contributed by atoms with E-state index in [0.717, 1.165) is 6.20 Å². The summed E-state index contributed by atoms with van der Waals surface area (Å²) in [7, 11) is 1.36. The van der Waals surface area contributed by atoms with Crippen LogP contribution < -0.4 is 5.32 Å². The van der Waals surface area contributed by atoms with Gasteiger partial charge in [0.15, 0.2) is 0 Å². The van der Waals surface area contributed by atoms with Crippen LogP contribution >= 0.6 is 0 Å². The zero-order valence-electron chi connectivity index (χ0n) is 6.27. The molecule has 0 saturated carbocycles. The number of hydrogen-bond acceptors (Lipinski definition) is 3. The van der Waals surface area contributed by atoms with E-state index in [-0.39, 0.29) is 0 Å². The van der Waals surface area contributed by atoms with Crippen LogP contribution in [0.3, 0.4) is 0 Å². The summed E-state index contributed by atoms with van der Waals surface area (Å²) in [6.45, 7) is 0. The van der Waals surface area contributed by atoms with Crippen LogP contribution in [0, 0.1) is 5.41 Å². The molecular formula is C6H8F2N2O2. The van der Waals surface area contributed by atoms with Gasteiger partial charge >= 0.3 is 5.97 Å². The quantitative estimate of drug-likeness (QED) is 0.432. The van der Waals surface area contributed by atoms with Crippen molar-refractivity contribution in [3.8, 4) is 0 Å². The molecule has 0 aliphatic heterocycles. The number of carbonyl (C=O) groups is 1. The van der Waals surface area contributed by atoms with E-state index in [0.29, 0.717) is 0 Å². The van der Waals surface area contributed by atoms with Gasteiger partial charge in [-0.15, -0.1) is 0 Å². The highest BCUT2D eigenvalue weighted by atomic mass is 19.3. The largest absolute Gasteiger partial charge is 0.478 e. The number of halogens is 2. The molecule has 0 spiro atoms. The fourth-order valence-corrected chi connectivity index (χ4v) is 0.517. The second kappa shape index (κ2) is 4.42. The lowest BCUT2D eigenvalue weighted by molar-refractivity contribution is -0.132. The van der Waals surface area contributed by atoms with Crippen molar-refractivity contribution in [3.05, 3.63) is 11.8 Å². The highest BCUT2D eigenvalue weighted by Gasteiger charge is 2.21. The average Bonchev–Trinajstić information content (AvgIpc) is 1.98. The Morgan fingerprint density at radius 1 is 1.67 bits per heavy atom. The Kier molecular flexibility index (Phi) is 3.89. The lowest BCUT2D eigenvalue weighted by atomic mass is 10.2. The third-order valence-corrected chi connectivity index (χ3v) is 1.03. The Bertz CT molecular complexity index is 226. The smallest absolute Gasteiger partial charge is 0.339 e. The Hall–Kier alpha value is -1.46. The van der Waals surface area contributed by atoms with Gasteiger partial charge in [-0.2, -0.15) is 0 Å². The van der Waals surface area contributed by atoms with Gasteiger partial charge in [0.25, 0.3) is 6.43 Å². The van der Waals surface area contributed by atoms with Crippen molar-refractivity contribution < 1.29 is 18.7 Å². The Morgan fingerprint density at radius 3 is 2.42 bits per heavy atom. The van der Waals surface area contributed by atoms with Gasteiger partial charge in [0, 0.05) is 13.2 Å². The Balaban J connectivity index is 4.65. The van der Waals surface area contributed by atoms with E-state index in [1.54, 1.807) is 0 Å². The van der Waals surface area contributed by atoms with Crippen molar-refractivity contribution in [2.45, 2.75) is 6.43 Å². The molecule has 0 radical (unpaired) electrons. The van der Waals surface area contributed by atoms with E-state index in [4.69, 9.17) is 10.5 Å². The molecule has 0 bridgehead atoms. The van der Waals surface area contributed by atoms with Gasteiger partial charge in [0.1, 0.15) is 11.3 Å². The van der Waals surface area contributed by atoms with Gasteiger partial charge in [0.05, 0.1) is 0 Å². The van der Waals surface area contributed by atoms with Crippen LogP contribution in [0.25, 0.3) is 0 Å². The van der Waals surface area contributed by atoms with Crippen LogP contribution in [-0.4, -0.2) is 30.3 Å². The van der Waals surface area contributed by atoms with Crippen molar-refractivity contribution in [2.24, 2.45) is 0 Å². The second-order valence-electron chi connectivity index (χ2n) is 1.87. The first kappa shape index (κ1) is 10.5. The molecule has 68 valence electrons. The van der Waals surface area contributed by atoms with E-state index in [1.165, 1.54) is 7.05 Å². The Labute approximate surface area is 67.4 Å². The summed E-state index contributed by atoms with van der Waals surface area (Å²) in [4.78, 5) is 10.3. The molecule has 0 aromatic carbocycles. The predicted molar refractivity (Wildman–Crippen MR) is 38.5 cm³/mol. The molecule has 0 aliphatic rings. The summed E-state index contributed by atoms with van der Waals surface area (Å²) in [5.74, 6) is -1.55. The van der Waals surface area contributed by atoms with E-state index in [1.807, 2.05) is 0 Å². The monoisotopic (exact) mass is 178 g/mol. The molecule has 12 heavy (non-hydrogen) atoms. The summed E-state index contributed by atoms with van der Waals surface area (Å²) < 4.78 is 23.6. The van der Waals surface area contributed by atoms with E-state index in [2.05, 4.69) is 5.32 Å². The topological polar surface area (TPSA) is 73.2 Å². The van der Waals surface area contributed by atoms with Crippen LogP contribution in [0.15, 0.2) is 11.8 Å². The molecule has 0 fully saturated rings. The molecule has 0 atom stereocenters. The predicted octanol–water partition coefficient (Wildman–Crippen LogP) is 0.459. The maximum atomic E-state index is 11.8. The first-order valence-corrected chi connectivity index (χ1v) is 2.98. The van der Waals surface area contributed by atoms with Gasteiger partial charge < -0.3 is 10.4 Å². The summed E-state index contributed by atoms with van der Waals surface area (Å²) >= 11 is 0. The number of carboxylic acids is 1. The van der Waals surface area contributed by atoms with Crippen molar-refractivity contribution in [1.82, 2.24) is 5.32 Å². The molecule has 0 amide bonds. The third-order valence-electron chi connectivity index (χ3n) is 1.03. The minimum absolute atomic E-state index is 0.729. The number of alkyl halides is 2. The summed E-state index contributed by atoms with van der Waals surface area (Å²) in [6, 6.07) is 0. The molecule has 0 unspecified atom stereocenters.